The molecule has 0 amide bonds. The smallest absolute Gasteiger partial charge is 0.145 e. The van der Waals surface area contributed by atoms with Gasteiger partial charge in [0.1, 0.15) is 17.5 Å². The molecule has 0 bridgehead atoms. The fraction of sp³-hybridized carbons (Fsp3) is 0.438. The van der Waals surface area contributed by atoms with E-state index in [4.69, 9.17) is 0 Å². The molecule has 0 aromatic carbocycles. The minimum Gasteiger partial charge on any atom is -0.354 e. The van der Waals surface area contributed by atoms with E-state index in [0.29, 0.717) is 18.2 Å². The number of nitrogens with zero attached hydrogens (tertiary/aromatic N) is 5. The molecule has 0 spiro atoms. The predicted molar refractivity (Wildman–Crippen MR) is 83.0 cm³/mol. The zero-order valence-electron chi connectivity index (χ0n) is 12.9. The van der Waals surface area contributed by atoms with Crippen LogP contribution in [0.25, 0.3) is 0 Å². The summed E-state index contributed by atoms with van der Waals surface area (Å²) >= 11 is 0. The molecular weight excluding hydrogens is 281 g/mol. The number of aryl methyl sites for hydroxylation is 1. The first-order valence-corrected chi connectivity index (χ1v) is 7.50. The van der Waals surface area contributed by atoms with Crippen LogP contribution in [0.5, 0.6) is 0 Å². The maximum atomic E-state index is 13.7. The molecule has 0 N–H and O–H groups in total. The number of halogens is 1. The van der Waals surface area contributed by atoms with Gasteiger partial charge in [-0.15, -0.1) is 0 Å². The van der Waals surface area contributed by atoms with Crippen LogP contribution in [0, 0.1) is 12.7 Å². The third kappa shape index (κ3) is 3.22. The van der Waals surface area contributed by atoms with E-state index in [2.05, 4.69) is 31.7 Å². The van der Waals surface area contributed by atoms with E-state index < -0.39 is 0 Å². The molecule has 0 aliphatic carbocycles. The lowest BCUT2D eigenvalue weighted by atomic mass is 10.1. The number of pyridine rings is 1. The van der Waals surface area contributed by atoms with Crippen molar-refractivity contribution < 1.29 is 4.39 Å². The molecule has 5 nitrogen and oxygen atoms in total. The second-order valence-electron chi connectivity index (χ2n) is 5.69. The van der Waals surface area contributed by atoms with Gasteiger partial charge in [-0.2, -0.15) is 0 Å². The van der Waals surface area contributed by atoms with Crippen LogP contribution in [0.2, 0.25) is 0 Å². The summed E-state index contributed by atoms with van der Waals surface area (Å²) in [6.07, 6.45) is 4.71. The van der Waals surface area contributed by atoms with Crippen LogP contribution >= 0.6 is 0 Å². The van der Waals surface area contributed by atoms with Crippen LogP contribution in [0.3, 0.4) is 0 Å². The van der Waals surface area contributed by atoms with Crippen molar-refractivity contribution in [2.75, 3.05) is 24.5 Å². The van der Waals surface area contributed by atoms with Crippen molar-refractivity contribution in [2.45, 2.75) is 26.4 Å². The second kappa shape index (κ2) is 6.36. The number of hydrogen-bond acceptors (Lipinski definition) is 5. The van der Waals surface area contributed by atoms with Crippen molar-refractivity contribution in [2.24, 2.45) is 0 Å². The average molecular weight is 301 g/mol. The number of hydrogen-bond donors (Lipinski definition) is 0. The van der Waals surface area contributed by atoms with Crippen molar-refractivity contribution in [1.82, 2.24) is 19.9 Å². The standard InChI is InChI=1S/C16H20FN5/c1-12-10-22(16-4-6-19-13(2)20-16)8-7-21(12)11-14-3-5-18-9-15(14)17/h3-6,9,12H,7-8,10-11H2,1-2H3. The van der Waals surface area contributed by atoms with E-state index in [1.54, 1.807) is 18.5 Å². The normalized spacial score (nSPS) is 19.4. The summed E-state index contributed by atoms with van der Waals surface area (Å²) in [5, 5.41) is 0. The lowest BCUT2D eigenvalue weighted by molar-refractivity contribution is 0.178. The topological polar surface area (TPSA) is 45.2 Å². The Bertz CT molecular complexity index is 648. The monoisotopic (exact) mass is 301 g/mol. The van der Waals surface area contributed by atoms with Gasteiger partial charge in [-0.25, -0.2) is 14.4 Å². The minimum atomic E-state index is -0.233. The quantitative estimate of drug-likeness (QED) is 0.868. The van der Waals surface area contributed by atoms with E-state index in [1.165, 1.54) is 6.20 Å². The maximum Gasteiger partial charge on any atom is 0.145 e. The molecule has 1 unspecified atom stereocenters. The van der Waals surface area contributed by atoms with E-state index in [-0.39, 0.29) is 5.82 Å². The molecule has 116 valence electrons. The third-order valence-corrected chi connectivity index (χ3v) is 4.08. The Morgan fingerprint density at radius 3 is 2.86 bits per heavy atom. The molecule has 3 heterocycles. The van der Waals surface area contributed by atoms with Crippen molar-refractivity contribution in [3.63, 3.8) is 0 Å². The predicted octanol–water partition coefficient (Wildman–Crippen LogP) is 2.03. The summed E-state index contributed by atoms with van der Waals surface area (Å²) < 4.78 is 13.7. The van der Waals surface area contributed by atoms with Crippen LogP contribution in [0.4, 0.5) is 10.2 Å². The maximum absolute atomic E-state index is 13.7. The largest absolute Gasteiger partial charge is 0.354 e. The van der Waals surface area contributed by atoms with Crippen molar-refractivity contribution in [3.8, 4) is 0 Å². The van der Waals surface area contributed by atoms with Gasteiger partial charge in [-0.3, -0.25) is 9.88 Å². The summed E-state index contributed by atoms with van der Waals surface area (Å²) in [6, 6.07) is 4.02. The Hall–Kier alpha value is -2.08. The molecule has 22 heavy (non-hydrogen) atoms. The molecule has 0 saturated carbocycles. The molecule has 1 atom stereocenters. The first-order valence-electron chi connectivity index (χ1n) is 7.50. The van der Waals surface area contributed by atoms with Crippen LogP contribution < -0.4 is 4.90 Å². The van der Waals surface area contributed by atoms with Crippen molar-refractivity contribution in [3.05, 3.63) is 47.9 Å². The Labute approximate surface area is 129 Å². The SMILES string of the molecule is Cc1nccc(N2CCN(Cc3ccncc3F)C(C)C2)n1. The third-order valence-electron chi connectivity index (χ3n) is 4.08. The molecule has 0 radical (unpaired) electrons. The highest BCUT2D eigenvalue weighted by molar-refractivity contribution is 5.38. The van der Waals surface area contributed by atoms with Gasteiger partial charge in [0.05, 0.1) is 6.20 Å². The first kappa shape index (κ1) is 14.8. The summed E-state index contributed by atoms with van der Waals surface area (Å²) in [4.78, 5) is 17.0. The van der Waals surface area contributed by atoms with Gasteiger partial charge in [-0.05, 0) is 26.0 Å². The van der Waals surface area contributed by atoms with Crippen LogP contribution in [-0.2, 0) is 6.54 Å². The molecule has 3 rings (SSSR count). The lowest BCUT2D eigenvalue weighted by Gasteiger charge is -2.40. The van der Waals surface area contributed by atoms with Crippen LogP contribution in [-0.4, -0.2) is 45.5 Å². The lowest BCUT2D eigenvalue weighted by Crippen LogP contribution is -2.51. The van der Waals surface area contributed by atoms with Gasteiger partial charge in [-0.1, -0.05) is 0 Å². The molecule has 2 aromatic heterocycles. The van der Waals surface area contributed by atoms with Crippen molar-refractivity contribution in [1.29, 1.82) is 0 Å². The number of aromatic nitrogens is 3. The Balaban J connectivity index is 1.66. The van der Waals surface area contributed by atoms with Crippen LogP contribution in [0.15, 0.2) is 30.7 Å². The second-order valence-corrected chi connectivity index (χ2v) is 5.69. The van der Waals surface area contributed by atoms with E-state index in [9.17, 15) is 4.39 Å². The Morgan fingerprint density at radius 2 is 2.14 bits per heavy atom. The van der Waals surface area contributed by atoms with Crippen LogP contribution in [0.1, 0.15) is 18.3 Å². The zero-order valence-corrected chi connectivity index (χ0v) is 12.9. The molecular formula is C16H20FN5. The fourth-order valence-corrected chi connectivity index (χ4v) is 2.81. The average Bonchev–Trinajstić information content (AvgIpc) is 2.51. The summed E-state index contributed by atoms with van der Waals surface area (Å²) in [5.74, 6) is 1.52. The summed E-state index contributed by atoms with van der Waals surface area (Å²) in [7, 11) is 0. The zero-order chi connectivity index (χ0) is 15.5. The molecule has 2 aromatic rings. The molecule has 1 aliphatic heterocycles. The van der Waals surface area contributed by atoms with Gasteiger partial charge < -0.3 is 4.90 Å². The highest BCUT2D eigenvalue weighted by Crippen LogP contribution is 2.19. The Kier molecular flexibility index (Phi) is 4.29. The highest BCUT2D eigenvalue weighted by atomic mass is 19.1. The van der Waals surface area contributed by atoms with Gasteiger partial charge in [0.25, 0.3) is 0 Å². The molecule has 1 saturated heterocycles. The van der Waals surface area contributed by atoms with Gasteiger partial charge >= 0.3 is 0 Å². The minimum absolute atomic E-state index is 0.233. The van der Waals surface area contributed by atoms with Gasteiger partial charge in [0.15, 0.2) is 0 Å². The fourth-order valence-electron chi connectivity index (χ4n) is 2.81. The summed E-state index contributed by atoms with van der Waals surface area (Å²) in [5.41, 5.74) is 0.702. The van der Waals surface area contributed by atoms with E-state index in [0.717, 1.165) is 31.3 Å². The molecule has 6 heteroatoms. The summed E-state index contributed by atoms with van der Waals surface area (Å²) in [6.45, 7) is 7.32. The highest BCUT2D eigenvalue weighted by Gasteiger charge is 2.25. The van der Waals surface area contributed by atoms with Gasteiger partial charge in [0, 0.05) is 50.2 Å². The Morgan fingerprint density at radius 1 is 1.27 bits per heavy atom. The number of rotatable bonds is 3. The number of piperazine rings is 1. The van der Waals surface area contributed by atoms with Crippen molar-refractivity contribution >= 4 is 5.82 Å². The molecule has 1 aliphatic rings. The number of anilines is 1. The van der Waals surface area contributed by atoms with E-state index in [1.807, 2.05) is 13.0 Å². The first-order chi connectivity index (χ1) is 10.6. The van der Waals surface area contributed by atoms with Gasteiger partial charge in [0.2, 0.25) is 0 Å². The van der Waals surface area contributed by atoms with E-state index >= 15 is 0 Å². The molecule has 1 fully saturated rings.